The van der Waals surface area contributed by atoms with E-state index in [1.54, 1.807) is 35.6 Å². The van der Waals surface area contributed by atoms with Crippen LogP contribution in [0.15, 0.2) is 58.8 Å². The molecule has 1 aromatic heterocycles. The summed E-state index contributed by atoms with van der Waals surface area (Å²) in [5, 5.41) is 2.93. The van der Waals surface area contributed by atoms with E-state index in [1.807, 2.05) is 5.38 Å². The zero-order valence-electron chi connectivity index (χ0n) is 16.1. The van der Waals surface area contributed by atoms with E-state index in [0.717, 1.165) is 16.3 Å². The Balaban J connectivity index is 1.39. The molecule has 2 heterocycles. The number of benzene rings is 2. The van der Waals surface area contributed by atoms with Crippen molar-refractivity contribution in [3.63, 3.8) is 0 Å². The molecule has 1 aliphatic rings. The second-order valence-electron chi connectivity index (χ2n) is 6.79. The fraction of sp³-hybridized carbons (Fsp3) is 0.286. The van der Waals surface area contributed by atoms with E-state index in [2.05, 4.69) is 36.2 Å². The van der Waals surface area contributed by atoms with Gasteiger partial charge in [0.15, 0.2) is 0 Å². The van der Waals surface area contributed by atoms with E-state index in [4.69, 9.17) is 9.47 Å². The number of aromatic nitrogens is 1. The molecule has 4 rings (SSSR count). The highest BCUT2D eigenvalue weighted by Crippen LogP contribution is 2.25. The van der Waals surface area contributed by atoms with Gasteiger partial charge in [-0.25, -0.2) is 13.4 Å². The lowest BCUT2D eigenvalue weighted by molar-refractivity contribution is 0.0730. The molecule has 0 amide bonds. The van der Waals surface area contributed by atoms with Crippen molar-refractivity contribution in [1.82, 2.24) is 9.29 Å². The van der Waals surface area contributed by atoms with E-state index in [0.29, 0.717) is 38.7 Å². The Kier molecular flexibility index (Phi) is 5.96. The summed E-state index contributed by atoms with van der Waals surface area (Å²) in [6.07, 6.45) is 0. The second kappa shape index (κ2) is 8.62. The summed E-state index contributed by atoms with van der Waals surface area (Å²) in [6, 6.07) is 14.8. The molecule has 152 valence electrons. The van der Waals surface area contributed by atoms with Crippen molar-refractivity contribution < 1.29 is 17.9 Å². The molecule has 0 bridgehead atoms. The highest BCUT2D eigenvalue weighted by atomic mass is 32.2. The first-order valence-corrected chi connectivity index (χ1v) is 11.7. The van der Waals surface area contributed by atoms with Gasteiger partial charge in [0.05, 0.1) is 23.8 Å². The van der Waals surface area contributed by atoms with Crippen LogP contribution < -0.4 is 4.74 Å². The van der Waals surface area contributed by atoms with Crippen molar-refractivity contribution in [2.75, 3.05) is 26.3 Å². The van der Waals surface area contributed by atoms with Crippen LogP contribution in [0.5, 0.6) is 5.75 Å². The van der Waals surface area contributed by atoms with Gasteiger partial charge in [-0.15, -0.1) is 11.3 Å². The number of hydrogen-bond acceptors (Lipinski definition) is 6. The van der Waals surface area contributed by atoms with Crippen LogP contribution in [0, 0.1) is 6.92 Å². The van der Waals surface area contributed by atoms with Gasteiger partial charge in [0, 0.05) is 24.0 Å². The lowest BCUT2D eigenvalue weighted by atomic mass is 10.2. The highest BCUT2D eigenvalue weighted by Gasteiger charge is 2.26. The third-order valence-electron chi connectivity index (χ3n) is 4.67. The molecular weight excluding hydrogens is 408 g/mol. The van der Waals surface area contributed by atoms with Crippen molar-refractivity contribution in [2.24, 2.45) is 0 Å². The Bertz CT molecular complexity index is 1050. The highest BCUT2D eigenvalue weighted by molar-refractivity contribution is 7.89. The standard InChI is InChI=1S/C21H22N2O4S2/c1-16-2-4-17(5-3-16)21-22-18(15-28-21)14-27-19-6-8-20(9-7-19)29(24,25)23-10-12-26-13-11-23/h2-9,15H,10-14H2,1H3. The zero-order chi connectivity index (χ0) is 20.3. The van der Waals surface area contributed by atoms with Crippen molar-refractivity contribution in [3.8, 4) is 16.3 Å². The Morgan fingerprint density at radius 3 is 2.45 bits per heavy atom. The topological polar surface area (TPSA) is 68.7 Å². The molecule has 0 aliphatic carbocycles. The number of morpholine rings is 1. The number of thiazole rings is 1. The van der Waals surface area contributed by atoms with Crippen LogP contribution in [0.1, 0.15) is 11.3 Å². The van der Waals surface area contributed by atoms with Gasteiger partial charge in [-0.2, -0.15) is 4.31 Å². The third-order valence-corrected chi connectivity index (χ3v) is 7.52. The largest absolute Gasteiger partial charge is 0.487 e. The van der Waals surface area contributed by atoms with Gasteiger partial charge in [-0.05, 0) is 31.2 Å². The van der Waals surface area contributed by atoms with Crippen molar-refractivity contribution in [2.45, 2.75) is 18.4 Å². The van der Waals surface area contributed by atoms with Crippen molar-refractivity contribution in [3.05, 3.63) is 65.2 Å². The number of ether oxygens (including phenoxy) is 2. The van der Waals surface area contributed by atoms with Crippen molar-refractivity contribution in [1.29, 1.82) is 0 Å². The average Bonchev–Trinajstić information content (AvgIpc) is 3.23. The molecule has 1 aliphatic heterocycles. The predicted octanol–water partition coefficient (Wildman–Crippen LogP) is 3.72. The molecule has 3 aromatic rings. The molecule has 1 saturated heterocycles. The minimum Gasteiger partial charge on any atom is -0.487 e. The zero-order valence-corrected chi connectivity index (χ0v) is 17.7. The van der Waals surface area contributed by atoms with Crippen LogP contribution in [0.2, 0.25) is 0 Å². The molecule has 0 spiro atoms. The normalized spacial score (nSPS) is 15.3. The van der Waals surface area contributed by atoms with E-state index in [-0.39, 0.29) is 4.90 Å². The number of rotatable bonds is 6. The molecule has 0 saturated carbocycles. The summed E-state index contributed by atoms with van der Waals surface area (Å²) >= 11 is 1.58. The lowest BCUT2D eigenvalue weighted by Crippen LogP contribution is -2.40. The number of aryl methyl sites for hydroxylation is 1. The van der Waals surface area contributed by atoms with E-state index < -0.39 is 10.0 Å². The van der Waals surface area contributed by atoms with Crippen LogP contribution in [0.25, 0.3) is 10.6 Å². The summed E-state index contributed by atoms with van der Waals surface area (Å²) in [5.41, 5.74) is 3.15. The van der Waals surface area contributed by atoms with E-state index >= 15 is 0 Å². The Hall–Kier alpha value is -2.26. The molecule has 2 aromatic carbocycles. The van der Waals surface area contributed by atoms with Crippen LogP contribution in [0.3, 0.4) is 0 Å². The molecule has 0 unspecified atom stereocenters. The smallest absolute Gasteiger partial charge is 0.243 e. The fourth-order valence-electron chi connectivity index (χ4n) is 3.00. The molecule has 8 heteroatoms. The molecule has 1 fully saturated rings. The Morgan fingerprint density at radius 1 is 1.07 bits per heavy atom. The van der Waals surface area contributed by atoms with E-state index in [1.165, 1.54) is 9.87 Å². The molecular formula is C21H22N2O4S2. The average molecular weight is 431 g/mol. The summed E-state index contributed by atoms with van der Waals surface area (Å²) in [4.78, 5) is 4.89. The summed E-state index contributed by atoms with van der Waals surface area (Å²) in [7, 11) is -3.49. The first-order chi connectivity index (χ1) is 14.0. The molecule has 0 atom stereocenters. The fourth-order valence-corrected chi connectivity index (χ4v) is 5.22. The molecule has 6 nitrogen and oxygen atoms in total. The van der Waals surface area contributed by atoms with Gasteiger partial charge in [0.25, 0.3) is 0 Å². The van der Waals surface area contributed by atoms with Gasteiger partial charge in [-0.3, -0.25) is 0 Å². The third kappa shape index (κ3) is 4.67. The van der Waals surface area contributed by atoms with Crippen LogP contribution in [-0.4, -0.2) is 44.0 Å². The molecule has 0 radical (unpaired) electrons. The number of hydrogen-bond donors (Lipinski definition) is 0. The van der Waals surface area contributed by atoms with Gasteiger partial charge < -0.3 is 9.47 Å². The van der Waals surface area contributed by atoms with Gasteiger partial charge in [-0.1, -0.05) is 29.8 Å². The van der Waals surface area contributed by atoms with Crippen molar-refractivity contribution >= 4 is 21.4 Å². The summed E-state index contributed by atoms with van der Waals surface area (Å²) in [5.74, 6) is 0.607. The molecule has 29 heavy (non-hydrogen) atoms. The van der Waals surface area contributed by atoms with E-state index in [9.17, 15) is 8.42 Å². The SMILES string of the molecule is Cc1ccc(-c2nc(COc3ccc(S(=O)(=O)N4CCOCC4)cc3)cs2)cc1. The van der Waals surface area contributed by atoms with Gasteiger partial charge >= 0.3 is 0 Å². The Labute approximate surface area is 174 Å². The first-order valence-electron chi connectivity index (χ1n) is 9.34. The lowest BCUT2D eigenvalue weighted by Gasteiger charge is -2.26. The van der Waals surface area contributed by atoms with Crippen LogP contribution in [-0.2, 0) is 21.4 Å². The monoisotopic (exact) mass is 430 g/mol. The first kappa shape index (κ1) is 20.0. The number of nitrogens with zero attached hydrogens (tertiary/aromatic N) is 2. The molecule has 0 N–H and O–H groups in total. The predicted molar refractivity (Wildman–Crippen MR) is 113 cm³/mol. The maximum Gasteiger partial charge on any atom is 0.243 e. The maximum atomic E-state index is 12.7. The summed E-state index contributed by atoms with van der Waals surface area (Å²) in [6.45, 7) is 4.01. The van der Waals surface area contributed by atoms with Gasteiger partial charge in [0.1, 0.15) is 17.4 Å². The minimum atomic E-state index is -3.49. The maximum absolute atomic E-state index is 12.7. The second-order valence-corrected chi connectivity index (χ2v) is 9.58. The van der Waals surface area contributed by atoms with Crippen LogP contribution in [0.4, 0.5) is 0 Å². The van der Waals surface area contributed by atoms with Gasteiger partial charge in [0.2, 0.25) is 10.0 Å². The Morgan fingerprint density at radius 2 is 1.76 bits per heavy atom. The number of sulfonamides is 1. The summed E-state index contributed by atoms with van der Waals surface area (Å²) < 4.78 is 37.8. The van der Waals surface area contributed by atoms with Crippen LogP contribution >= 0.6 is 11.3 Å². The minimum absolute atomic E-state index is 0.266. The quantitative estimate of drug-likeness (QED) is 0.596.